The smallest absolute Gasteiger partial charge is 0.170 e. The van der Waals surface area contributed by atoms with E-state index in [0.717, 1.165) is 17.7 Å². The van der Waals surface area contributed by atoms with Crippen molar-refractivity contribution in [3.05, 3.63) is 69.7 Å². The summed E-state index contributed by atoms with van der Waals surface area (Å²) in [6.45, 7) is 1.89. The maximum atomic E-state index is 13.5. The summed E-state index contributed by atoms with van der Waals surface area (Å²) in [5.41, 5.74) is 1.48. The summed E-state index contributed by atoms with van der Waals surface area (Å²) in [5.74, 6) is -1.99. The number of hydrogen-bond donors (Lipinski definition) is 0. The third-order valence-corrected chi connectivity index (χ3v) is 3.14. The van der Waals surface area contributed by atoms with Gasteiger partial charge in [-0.25, -0.2) is 8.78 Å². The van der Waals surface area contributed by atoms with Crippen LogP contribution in [0.15, 0.2) is 36.4 Å². The van der Waals surface area contributed by atoms with E-state index in [-0.39, 0.29) is 12.0 Å². The van der Waals surface area contributed by atoms with Crippen LogP contribution in [0, 0.1) is 18.6 Å². The van der Waals surface area contributed by atoms with Gasteiger partial charge < -0.3 is 0 Å². The zero-order chi connectivity index (χ0) is 14.0. The Balaban J connectivity index is 2.25. The van der Waals surface area contributed by atoms with Crippen molar-refractivity contribution in [2.75, 3.05) is 0 Å². The molecule has 0 fully saturated rings. The number of benzene rings is 2. The fourth-order valence-electron chi connectivity index (χ4n) is 1.78. The van der Waals surface area contributed by atoms with Crippen molar-refractivity contribution in [2.45, 2.75) is 13.3 Å². The van der Waals surface area contributed by atoms with E-state index in [1.807, 2.05) is 13.0 Å². The Labute approximate surface area is 114 Å². The summed E-state index contributed by atoms with van der Waals surface area (Å²) in [5, 5.41) is 0.468. The van der Waals surface area contributed by atoms with Gasteiger partial charge in [0.15, 0.2) is 5.78 Å². The Morgan fingerprint density at radius 2 is 1.89 bits per heavy atom. The van der Waals surface area contributed by atoms with Crippen LogP contribution in [-0.2, 0) is 6.42 Å². The molecular weight excluding hydrogens is 270 g/mol. The molecule has 0 aliphatic carbocycles. The number of aryl methyl sites for hydroxylation is 1. The summed E-state index contributed by atoms with van der Waals surface area (Å²) in [4.78, 5) is 12.0. The second-order valence-electron chi connectivity index (χ2n) is 4.32. The number of ketones is 1. The predicted octanol–water partition coefficient (Wildman–Crippen LogP) is 4.35. The van der Waals surface area contributed by atoms with E-state index in [0.29, 0.717) is 16.7 Å². The Bertz CT molecular complexity index is 638. The Hall–Kier alpha value is -1.74. The molecule has 2 rings (SSSR count). The number of Topliss-reactive ketones (excluding diaryl/α,β-unsaturated/α-hetero) is 1. The molecule has 0 unspecified atom stereocenters. The standard InChI is InChI=1S/C15H11ClF2O/c1-9-2-3-10(13(16)6-9)7-15(19)12-5-4-11(17)8-14(12)18/h2-6,8H,7H2,1H3. The molecule has 98 valence electrons. The van der Waals surface area contributed by atoms with E-state index >= 15 is 0 Å². The highest BCUT2D eigenvalue weighted by Gasteiger charge is 2.14. The average Bonchev–Trinajstić information content (AvgIpc) is 2.32. The molecule has 0 radical (unpaired) electrons. The molecule has 0 N–H and O–H groups in total. The van der Waals surface area contributed by atoms with Gasteiger partial charge in [-0.2, -0.15) is 0 Å². The van der Waals surface area contributed by atoms with Gasteiger partial charge in [-0.05, 0) is 36.2 Å². The van der Waals surface area contributed by atoms with E-state index in [1.165, 1.54) is 0 Å². The molecule has 4 heteroatoms. The van der Waals surface area contributed by atoms with Gasteiger partial charge in [0.2, 0.25) is 0 Å². The van der Waals surface area contributed by atoms with Crippen molar-refractivity contribution in [2.24, 2.45) is 0 Å². The zero-order valence-electron chi connectivity index (χ0n) is 10.2. The molecule has 0 bridgehead atoms. The minimum absolute atomic E-state index is 0.0122. The Morgan fingerprint density at radius 3 is 2.53 bits per heavy atom. The molecule has 0 heterocycles. The summed E-state index contributed by atoms with van der Waals surface area (Å²) >= 11 is 6.02. The molecule has 0 atom stereocenters. The van der Waals surface area contributed by atoms with Crippen molar-refractivity contribution in [1.82, 2.24) is 0 Å². The van der Waals surface area contributed by atoms with E-state index in [9.17, 15) is 13.6 Å². The largest absolute Gasteiger partial charge is 0.294 e. The fourth-order valence-corrected chi connectivity index (χ4v) is 2.08. The number of carbonyl (C=O) groups excluding carboxylic acids is 1. The summed E-state index contributed by atoms with van der Waals surface area (Å²) in [6, 6.07) is 8.21. The van der Waals surface area contributed by atoms with E-state index in [1.54, 1.807) is 12.1 Å². The molecule has 2 aromatic rings. The predicted molar refractivity (Wildman–Crippen MR) is 70.6 cm³/mol. The maximum Gasteiger partial charge on any atom is 0.170 e. The number of rotatable bonds is 3. The first-order valence-corrected chi connectivity index (χ1v) is 6.08. The minimum Gasteiger partial charge on any atom is -0.294 e. The molecular formula is C15H11ClF2O. The van der Waals surface area contributed by atoms with E-state index in [4.69, 9.17) is 11.6 Å². The van der Waals surface area contributed by atoms with Crippen LogP contribution in [0.25, 0.3) is 0 Å². The summed E-state index contributed by atoms with van der Waals surface area (Å²) in [6.07, 6.45) is -0.0122. The van der Waals surface area contributed by atoms with Crippen LogP contribution in [0.3, 0.4) is 0 Å². The number of halogens is 3. The number of hydrogen-bond acceptors (Lipinski definition) is 1. The molecule has 0 spiro atoms. The topological polar surface area (TPSA) is 17.1 Å². The highest BCUT2D eigenvalue weighted by atomic mass is 35.5. The van der Waals surface area contributed by atoms with Crippen LogP contribution in [0.5, 0.6) is 0 Å². The maximum absolute atomic E-state index is 13.5. The summed E-state index contributed by atoms with van der Waals surface area (Å²) < 4.78 is 26.2. The minimum atomic E-state index is -0.853. The second kappa shape index (κ2) is 5.49. The third kappa shape index (κ3) is 3.18. The highest BCUT2D eigenvalue weighted by molar-refractivity contribution is 6.31. The molecule has 0 aliphatic heterocycles. The lowest BCUT2D eigenvalue weighted by Crippen LogP contribution is -2.07. The van der Waals surface area contributed by atoms with Gasteiger partial charge in [-0.3, -0.25) is 4.79 Å². The van der Waals surface area contributed by atoms with Gasteiger partial charge in [0.1, 0.15) is 11.6 Å². The van der Waals surface area contributed by atoms with Gasteiger partial charge >= 0.3 is 0 Å². The van der Waals surface area contributed by atoms with Crippen molar-refractivity contribution in [1.29, 1.82) is 0 Å². The molecule has 0 saturated heterocycles. The fraction of sp³-hybridized carbons (Fsp3) is 0.133. The van der Waals surface area contributed by atoms with Crippen molar-refractivity contribution in [3.8, 4) is 0 Å². The quantitative estimate of drug-likeness (QED) is 0.764. The molecule has 0 aromatic heterocycles. The first-order valence-electron chi connectivity index (χ1n) is 5.70. The van der Waals surface area contributed by atoms with Crippen LogP contribution in [0.2, 0.25) is 5.02 Å². The van der Waals surface area contributed by atoms with Crippen LogP contribution in [0.4, 0.5) is 8.78 Å². The molecule has 1 nitrogen and oxygen atoms in total. The zero-order valence-corrected chi connectivity index (χ0v) is 11.0. The SMILES string of the molecule is Cc1ccc(CC(=O)c2ccc(F)cc2F)c(Cl)c1. The number of carbonyl (C=O) groups is 1. The average molecular weight is 281 g/mol. The first-order chi connectivity index (χ1) is 8.97. The van der Waals surface area contributed by atoms with Crippen LogP contribution >= 0.6 is 11.6 Å². The molecule has 19 heavy (non-hydrogen) atoms. The lowest BCUT2D eigenvalue weighted by molar-refractivity contribution is 0.0989. The van der Waals surface area contributed by atoms with Crippen LogP contribution in [-0.4, -0.2) is 5.78 Å². The van der Waals surface area contributed by atoms with E-state index < -0.39 is 17.4 Å². The Morgan fingerprint density at radius 1 is 1.16 bits per heavy atom. The third-order valence-electron chi connectivity index (χ3n) is 2.79. The van der Waals surface area contributed by atoms with Crippen molar-refractivity contribution < 1.29 is 13.6 Å². The Kier molecular flexibility index (Phi) is 3.96. The van der Waals surface area contributed by atoms with Gasteiger partial charge in [0.25, 0.3) is 0 Å². The van der Waals surface area contributed by atoms with Crippen molar-refractivity contribution in [3.63, 3.8) is 0 Å². The molecule has 0 saturated carbocycles. The first kappa shape index (κ1) is 13.7. The van der Waals surface area contributed by atoms with Gasteiger partial charge in [0, 0.05) is 17.5 Å². The van der Waals surface area contributed by atoms with Gasteiger partial charge in [-0.15, -0.1) is 0 Å². The van der Waals surface area contributed by atoms with E-state index in [2.05, 4.69) is 0 Å². The van der Waals surface area contributed by atoms with Gasteiger partial charge in [0.05, 0.1) is 5.56 Å². The summed E-state index contributed by atoms with van der Waals surface area (Å²) in [7, 11) is 0. The lowest BCUT2D eigenvalue weighted by Gasteiger charge is -2.06. The van der Waals surface area contributed by atoms with Gasteiger partial charge in [-0.1, -0.05) is 23.7 Å². The molecule has 0 amide bonds. The second-order valence-corrected chi connectivity index (χ2v) is 4.73. The normalized spacial score (nSPS) is 10.5. The highest BCUT2D eigenvalue weighted by Crippen LogP contribution is 2.20. The van der Waals surface area contributed by atoms with Crippen LogP contribution < -0.4 is 0 Å². The van der Waals surface area contributed by atoms with Crippen LogP contribution in [0.1, 0.15) is 21.5 Å². The monoisotopic (exact) mass is 280 g/mol. The molecule has 0 aliphatic rings. The lowest BCUT2D eigenvalue weighted by atomic mass is 10.0. The molecule has 2 aromatic carbocycles. The van der Waals surface area contributed by atoms with Crippen molar-refractivity contribution >= 4 is 17.4 Å².